The Kier molecular flexibility index (Phi) is 3.78. The summed E-state index contributed by atoms with van der Waals surface area (Å²) in [5.41, 5.74) is 7.81. The number of hydrogen-bond donors (Lipinski definition) is 4. The molecule has 84 valence electrons. The van der Waals surface area contributed by atoms with Crippen LogP contribution in [0.3, 0.4) is 0 Å². The van der Waals surface area contributed by atoms with Crippen LogP contribution in [0.1, 0.15) is 15.9 Å². The van der Waals surface area contributed by atoms with E-state index in [1.54, 1.807) is 0 Å². The Hall–Kier alpha value is -2.15. The molecule has 6 nitrogen and oxygen atoms in total. The van der Waals surface area contributed by atoms with E-state index in [0.29, 0.717) is 5.56 Å². The lowest BCUT2D eigenvalue weighted by Crippen LogP contribution is -2.23. The summed E-state index contributed by atoms with van der Waals surface area (Å²) >= 11 is 4.52. The zero-order chi connectivity index (χ0) is 12.1. The first-order valence-corrected chi connectivity index (χ1v) is 4.56. The highest BCUT2D eigenvalue weighted by molar-refractivity contribution is 7.80. The summed E-state index contributed by atoms with van der Waals surface area (Å²) in [6.45, 7) is 0. The van der Waals surface area contributed by atoms with Gasteiger partial charge in [0.25, 0.3) is 0 Å². The van der Waals surface area contributed by atoms with Crippen molar-refractivity contribution in [1.82, 2.24) is 5.43 Å². The van der Waals surface area contributed by atoms with Crippen molar-refractivity contribution in [2.24, 2.45) is 10.8 Å². The molecule has 0 amide bonds. The van der Waals surface area contributed by atoms with Crippen LogP contribution in [0.2, 0.25) is 0 Å². The number of nitrogens with two attached hydrogens (primary N) is 1. The van der Waals surface area contributed by atoms with Gasteiger partial charge in [-0.15, -0.1) is 0 Å². The molecule has 0 fully saturated rings. The van der Waals surface area contributed by atoms with Crippen LogP contribution in [0, 0.1) is 0 Å². The van der Waals surface area contributed by atoms with Gasteiger partial charge < -0.3 is 15.9 Å². The van der Waals surface area contributed by atoms with Crippen molar-refractivity contribution in [3.8, 4) is 5.75 Å². The lowest BCUT2D eigenvalue weighted by atomic mass is 10.1. The summed E-state index contributed by atoms with van der Waals surface area (Å²) in [4.78, 5) is 10.6. The van der Waals surface area contributed by atoms with Gasteiger partial charge >= 0.3 is 5.97 Å². The molecule has 1 aromatic carbocycles. The minimum Gasteiger partial charge on any atom is -0.507 e. The summed E-state index contributed by atoms with van der Waals surface area (Å²) in [5.74, 6) is -1.52. The van der Waals surface area contributed by atoms with Crippen molar-refractivity contribution in [2.75, 3.05) is 0 Å². The smallest absolute Gasteiger partial charge is 0.339 e. The van der Waals surface area contributed by atoms with Crippen molar-refractivity contribution in [3.05, 3.63) is 29.3 Å². The number of phenols is 1. The number of rotatable bonds is 3. The SMILES string of the molecule is NC(=S)NN=Cc1ccc(C(=O)O)c(O)c1. The van der Waals surface area contributed by atoms with Crippen LogP contribution in [-0.2, 0) is 0 Å². The third-order valence-corrected chi connectivity index (χ3v) is 1.73. The van der Waals surface area contributed by atoms with Gasteiger partial charge in [-0.05, 0) is 29.9 Å². The molecule has 0 saturated carbocycles. The summed E-state index contributed by atoms with van der Waals surface area (Å²) in [7, 11) is 0. The van der Waals surface area contributed by atoms with Gasteiger partial charge in [-0.1, -0.05) is 6.07 Å². The average molecular weight is 239 g/mol. The molecule has 0 radical (unpaired) electrons. The Bertz CT molecular complexity index is 459. The predicted molar refractivity (Wildman–Crippen MR) is 62.6 cm³/mol. The fourth-order valence-electron chi connectivity index (χ4n) is 0.980. The molecule has 0 aliphatic heterocycles. The van der Waals surface area contributed by atoms with E-state index in [2.05, 4.69) is 22.7 Å². The maximum absolute atomic E-state index is 10.6. The number of benzene rings is 1. The third-order valence-electron chi connectivity index (χ3n) is 1.64. The maximum Gasteiger partial charge on any atom is 0.339 e. The monoisotopic (exact) mass is 239 g/mol. The van der Waals surface area contributed by atoms with Gasteiger partial charge in [-0.3, -0.25) is 5.43 Å². The molecule has 0 aromatic heterocycles. The summed E-state index contributed by atoms with van der Waals surface area (Å²) < 4.78 is 0. The molecule has 0 bridgehead atoms. The van der Waals surface area contributed by atoms with Gasteiger partial charge in [0.2, 0.25) is 0 Å². The Labute approximate surface area is 96.4 Å². The van der Waals surface area contributed by atoms with Crippen LogP contribution in [0.25, 0.3) is 0 Å². The largest absolute Gasteiger partial charge is 0.507 e. The van der Waals surface area contributed by atoms with Crippen molar-refractivity contribution < 1.29 is 15.0 Å². The Morgan fingerprint density at radius 1 is 1.56 bits per heavy atom. The molecule has 5 N–H and O–H groups in total. The Morgan fingerprint density at radius 2 is 2.25 bits per heavy atom. The van der Waals surface area contributed by atoms with E-state index in [9.17, 15) is 9.90 Å². The second kappa shape index (κ2) is 5.08. The Morgan fingerprint density at radius 3 is 2.75 bits per heavy atom. The number of thiocarbonyl (C=S) groups is 1. The van der Waals surface area contributed by atoms with Crippen molar-refractivity contribution in [1.29, 1.82) is 0 Å². The van der Waals surface area contributed by atoms with E-state index in [-0.39, 0.29) is 16.4 Å². The van der Waals surface area contributed by atoms with Crippen LogP contribution in [0.5, 0.6) is 5.75 Å². The molecule has 1 rings (SSSR count). The highest BCUT2D eigenvalue weighted by atomic mass is 32.1. The molecule has 0 saturated heterocycles. The first kappa shape index (κ1) is 11.9. The number of hydrogen-bond acceptors (Lipinski definition) is 4. The quantitative estimate of drug-likeness (QED) is 0.342. The van der Waals surface area contributed by atoms with Gasteiger partial charge in [0.15, 0.2) is 5.11 Å². The van der Waals surface area contributed by atoms with Crippen molar-refractivity contribution in [3.63, 3.8) is 0 Å². The molecule has 0 aliphatic carbocycles. The lowest BCUT2D eigenvalue weighted by Gasteiger charge is -2.00. The number of aromatic carboxylic acids is 1. The molecule has 0 spiro atoms. The molecule has 0 aliphatic rings. The lowest BCUT2D eigenvalue weighted by molar-refractivity contribution is 0.0694. The summed E-state index contributed by atoms with van der Waals surface area (Å²) in [5, 5.41) is 21.7. The number of nitrogens with one attached hydrogen (secondary N) is 1. The third kappa shape index (κ3) is 3.21. The molecule has 7 heteroatoms. The minimum atomic E-state index is -1.19. The van der Waals surface area contributed by atoms with Gasteiger partial charge in [0.1, 0.15) is 11.3 Å². The first-order chi connectivity index (χ1) is 7.50. The standard InChI is InChI=1S/C9H9N3O3S/c10-9(16)12-11-4-5-1-2-6(8(14)15)7(13)3-5/h1-4,13H,(H,14,15)(H3,10,12,16). The first-order valence-electron chi connectivity index (χ1n) is 4.15. The topological polar surface area (TPSA) is 108 Å². The minimum absolute atomic E-state index is 0.0163. The molecular formula is C9H9N3O3S. The number of carboxylic acids is 1. The average Bonchev–Trinajstić information content (AvgIpc) is 2.16. The van der Waals surface area contributed by atoms with Gasteiger partial charge in [-0.2, -0.15) is 5.10 Å². The van der Waals surface area contributed by atoms with E-state index < -0.39 is 5.97 Å². The van der Waals surface area contributed by atoms with E-state index in [0.717, 1.165) is 0 Å². The zero-order valence-electron chi connectivity index (χ0n) is 8.04. The highest BCUT2D eigenvalue weighted by Crippen LogP contribution is 2.17. The second-order valence-corrected chi connectivity index (χ2v) is 3.26. The second-order valence-electron chi connectivity index (χ2n) is 2.82. The number of carboxylic acid groups (broad SMARTS) is 1. The van der Waals surface area contributed by atoms with E-state index >= 15 is 0 Å². The van der Waals surface area contributed by atoms with E-state index in [1.807, 2.05) is 0 Å². The predicted octanol–water partition coefficient (Wildman–Crippen LogP) is 0.257. The van der Waals surface area contributed by atoms with Gasteiger partial charge in [0.05, 0.1) is 6.21 Å². The van der Waals surface area contributed by atoms with Crippen molar-refractivity contribution >= 4 is 29.5 Å². The van der Waals surface area contributed by atoms with Crippen LogP contribution in [0.15, 0.2) is 23.3 Å². The molecule has 0 atom stereocenters. The molecule has 16 heavy (non-hydrogen) atoms. The van der Waals surface area contributed by atoms with Crippen LogP contribution < -0.4 is 11.2 Å². The maximum atomic E-state index is 10.6. The number of hydrazone groups is 1. The van der Waals surface area contributed by atoms with Gasteiger partial charge in [-0.25, -0.2) is 4.79 Å². The van der Waals surface area contributed by atoms with Gasteiger partial charge in [0, 0.05) is 0 Å². The zero-order valence-corrected chi connectivity index (χ0v) is 8.86. The fraction of sp³-hybridized carbons (Fsp3) is 0. The van der Waals surface area contributed by atoms with Crippen LogP contribution in [-0.4, -0.2) is 27.5 Å². The normalized spacial score (nSPS) is 10.2. The molecular weight excluding hydrogens is 230 g/mol. The molecule has 0 heterocycles. The van der Waals surface area contributed by atoms with Crippen LogP contribution in [0.4, 0.5) is 0 Å². The number of nitrogens with zero attached hydrogens (tertiary/aromatic N) is 1. The number of carbonyl (C=O) groups is 1. The van der Waals surface area contributed by atoms with E-state index in [1.165, 1.54) is 24.4 Å². The molecule has 1 aromatic rings. The number of aromatic hydroxyl groups is 1. The summed E-state index contributed by atoms with van der Waals surface area (Å²) in [6, 6.07) is 4.04. The Balaban J connectivity index is 2.85. The van der Waals surface area contributed by atoms with Crippen LogP contribution >= 0.6 is 12.2 Å². The highest BCUT2D eigenvalue weighted by Gasteiger charge is 2.08. The fourth-order valence-corrected chi connectivity index (χ4v) is 1.03. The van der Waals surface area contributed by atoms with Crippen molar-refractivity contribution in [2.45, 2.75) is 0 Å². The summed E-state index contributed by atoms with van der Waals surface area (Å²) in [6.07, 6.45) is 1.35. The molecule has 0 unspecified atom stereocenters. The van der Waals surface area contributed by atoms with E-state index in [4.69, 9.17) is 10.8 Å².